The second-order valence-electron chi connectivity index (χ2n) is 5.87. The third-order valence-electron chi connectivity index (χ3n) is 4.17. The molecule has 1 aromatic carbocycles. The zero-order chi connectivity index (χ0) is 16.1. The minimum atomic E-state index is -0.229. The van der Waals surface area contributed by atoms with E-state index < -0.39 is 0 Å². The lowest BCUT2D eigenvalue weighted by molar-refractivity contribution is -0.135. The van der Waals surface area contributed by atoms with E-state index in [4.69, 9.17) is 0 Å². The Morgan fingerprint density at radius 2 is 1.86 bits per heavy atom. The molecule has 1 N–H and O–H groups in total. The molecule has 1 fully saturated rings. The molecule has 0 aliphatic carbocycles. The zero-order valence-corrected chi connectivity index (χ0v) is 13.7. The number of piperazine rings is 1. The van der Waals surface area contributed by atoms with Gasteiger partial charge in [0.15, 0.2) is 0 Å². The number of nitrogens with one attached hydrogen (secondary N) is 1. The van der Waals surface area contributed by atoms with Crippen molar-refractivity contribution in [3.63, 3.8) is 0 Å². The average Bonchev–Trinajstić information content (AvgIpc) is 2.49. The molecule has 2 amide bonds. The second kappa shape index (κ2) is 7.40. The smallest absolute Gasteiger partial charge is 0.233 e. The highest BCUT2D eigenvalue weighted by atomic mass is 16.2. The van der Waals surface area contributed by atoms with Crippen LogP contribution in [0, 0.1) is 6.92 Å². The Kier molecular flexibility index (Phi) is 5.55. The minimum absolute atomic E-state index is 0.0821. The summed E-state index contributed by atoms with van der Waals surface area (Å²) in [6, 6.07) is 5.96. The van der Waals surface area contributed by atoms with E-state index in [1.807, 2.05) is 32.2 Å². The quantitative estimate of drug-likeness (QED) is 0.861. The van der Waals surface area contributed by atoms with Gasteiger partial charge in [-0.15, -0.1) is 0 Å². The fourth-order valence-electron chi connectivity index (χ4n) is 2.69. The van der Waals surface area contributed by atoms with E-state index in [-0.39, 0.29) is 18.2 Å². The van der Waals surface area contributed by atoms with Gasteiger partial charge in [0.2, 0.25) is 11.8 Å². The highest BCUT2D eigenvalue weighted by Gasteiger charge is 2.21. The predicted octanol–water partition coefficient (Wildman–Crippen LogP) is 1.66. The van der Waals surface area contributed by atoms with Crippen molar-refractivity contribution in [3.8, 4) is 0 Å². The number of amides is 2. The Morgan fingerprint density at radius 1 is 1.18 bits per heavy atom. The lowest BCUT2D eigenvalue weighted by Crippen LogP contribution is -2.47. The summed E-state index contributed by atoms with van der Waals surface area (Å²) in [6.07, 6.45) is 0.769. The molecule has 1 aliphatic rings. The first-order valence-electron chi connectivity index (χ1n) is 7.86. The summed E-state index contributed by atoms with van der Waals surface area (Å²) in [7, 11) is 2.04. The molecule has 1 saturated heterocycles. The lowest BCUT2D eigenvalue weighted by Gasteiger charge is -2.32. The summed E-state index contributed by atoms with van der Waals surface area (Å²) in [5.41, 5.74) is 2.97. The van der Waals surface area contributed by atoms with Gasteiger partial charge < -0.3 is 15.1 Å². The molecule has 5 heteroatoms. The summed E-state index contributed by atoms with van der Waals surface area (Å²) in [5, 5.41) is 2.91. The molecule has 0 radical (unpaired) electrons. The monoisotopic (exact) mass is 303 g/mol. The first kappa shape index (κ1) is 16.5. The number of rotatable bonds is 4. The Bertz CT molecular complexity index is 549. The van der Waals surface area contributed by atoms with E-state index in [0.717, 1.165) is 36.3 Å². The van der Waals surface area contributed by atoms with Crippen LogP contribution in [0.1, 0.15) is 24.5 Å². The molecule has 0 bridgehead atoms. The molecule has 1 aliphatic heterocycles. The van der Waals surface area contributed by atoms with Crippen LogP contribution in [-0.4, -0.2) is 54.8 Å². The summed E-state index contributed by atoms with van der Waals surface area (Å²) in [4.78, 5) is 28.3. The lowest BCUT2D eigenvalue weighted by atomic mass is 10.1. The predicted molar refractivity (Wildman–Crippen MR) is 87.9 cm³/mol. The SMILES string of the molecule is CCc1cccc(C)c1NC(=O)CC(=O)N1CCN(C)CC1. The number of anilines is 1. The summed E-state index contributed by atoms with van der Waals surface area (Å²) < 4.78 is 0. The number of carbonyl (C=O) groups excluding carboxylic acids is 2. The van der Waals surface area contributed by atoms with Crippen LogP contribution in [0.25, 0.3) is 0 Å². The summed E-state index contributed by atoms with van der Waals surface area (Å²) in [6.45, 7) is 7.16. The molecule has 2 rings (SSSR count). The number of benzene rings is 1. The highest BCUT2D eigenvalue weighted by molar-refractivity contribution is 6.04. The number of para-hydroxylation sites is 1. The number of hydrogen-bond acceptors (Lipinski definition) is 3. The third-order valence-corrected chi connectivity index (χ3v) is 4.17. The molecule has 1 aromatic rings. The molecular formula is C17H25N3O2. The van der Waals surface area contributed by atoms with Crippen molar-refractivity contribution in [3.05, 3.63) is 29.3 Å². The normalized spacial score (nSPS) is 15.7. The van der Waals surface area contributed by atoms with Gasteiger partial charge >= 0.3 is 0 Å². The van der Waals surface area contributed by atoms with E-state index in [2.05, 4.69) is 17.1 Å². The number of nitrogens with zero attached hydrogens (tertiary/aromatic N) is 2. The molecule has 0 atom stereocenters. The highest BCUT2D eigenvalue weighted by Crippen LogP contribution is 2.21. The van der Waals surface area contributed by atoms with Crippen molar-refractivity contribution in [2.45, 2.75) is 26.7 Å². The molecule has 0 unspecified atom stereocenters. The molecule has 120 valence electrons. The summed E-state index contributed by atoms with van der Waals surface area (Å²) in [5.74, 6) is -0.315. The van der Waals surface area contributed by atoms with Crippen molar-refractivity contribution in [2.75, 3.05) is 38.5 Å². The fourth-order valence-corrected chi connectivity index (χ4v) is 2.69. The van der Waals surface area contributed by atoms with Crippen LogP contribution in [0.2, 0.25) is 0 Å². The van der Waals surface area contributed by atoms with Gasteiger partial charge in [0, 0.05) is 31.9 Å². The van der Waals surface area contributed by atoms with Gasteiger partial charge in [-0.3, -0.25) is 9.59 Å². The van der Waals surface area contributed by atoms with Gasteiger partial charge in [-0.05, 0) is 31.5 Å². The van der Waals surface area contributed by atoms with Crippen molar-refractivity contribution in [1.29, 1.82) is 0 Å². The number of hydrogen-bond donors (Lipinski definition) is 1. The van der Waals surface area contributed by atoms with E-state index in [1.54, 1.807) is 4.90 Å². The van der Waals surface area contributed by atoms with Gasteiger partial charge in [-0.2, -0.15) is 0 Å². The van der Waals surface area contributed by atoms with Gasteiger partial charge in [0.1, 0.15) is 6.42 Å². The first-order chi connectivity index (χ1) is 10.5. The maximum atomic E-state index is 12.2. The number of carbonyl (C=O) groups is 2. The van der Waals surface area contributed by atoms with Crippen molar-refractivity contribution < 1.29 is 9.59 Å². The van der Waals surface area contributed by atoms with E-state index in [1.165, 1.54) is 0 Å². The fraction of sp³-hybridized carbons (Fsp3) is 0.529. The van der Waals surface area contributed by atoms with Crippen molar-refractivity contribution in [1.82, 2.24) is 9.80 Å². The third kappa shape index (κ3) is 4.07. The topological polar surface area (TPSA) is 52.7 Å². The second-order valence-corrected chi connectivity index (χ2v) is 5.87. The van der Waals surface area contributed by atoms with Crippen LogP contribution in [-0.2, 0) is 16.0 Å². The van der Waals surface area contributed by atoms with E-state index in [0.29, 0.717) is 13.1 Å². The van der Waals surface area contributed by atoms with Crippen LogP contribution in [0.4, 0.5) is 5.69 Å². The first-order valence-corrected chi connectivity index (χ1v) is 7.86. The molecule has 5 nitrogen and oxygen atoms in total. The van der Waals surface area contributed by atoms with E-state index in [9.17, 15) is 9.59 Å². The Labute approximate surface area is 132 Å². The van der Waals surface area contributed by atoms with Crippen LogP contribution >= 0.6 is 0 Å². The van der Waals surface area contributed by atoms with Gasteiger partial charge in [0.25, 0.3) is 0 Å². The van der Waals surface area contributed by atoms with Gasteiger partial charge in [0.05, 0.1) is 0 Å². The van der Waals surface area contributed by atoms with Gasteiger partial charge in [-0.1, -0.05) is 25.1 Å². The number of aryl methyl sites for hydroxylation is 2. The van der Waals surface area contributed by atoms with Crippen molar-refractivity contribution >= 4 is 17.5 Å². The number of likely N-dealkylation sites (N-methyl/N-ethyl adjacent to an activating group) is 1. The molecule has 0 spiro atoms. The zero-order valence-electron chi connectivity index (χ0n) is 13.7. The molecular weight excluding hydrogens is 278 g/mol. The largest absolute Gasteiger partial charge is 0.340 e. The van der Waals surface area contributed by atoms with E-state index >= 15 is 0 Å². The molecule has 0 aromatic heterocycles. The Hall–Kier alpha value is -1.88. The van der Waals surface area contributed by atoms with Crippen LogP contribution < -0.4 is 5.32 Å². The standard InChI is InChI=1S/C17H25N3O2/c1-4-14-7-5-6-13(2)17(14)18-15(21)12-16(22)20-10-8-19(3)9-11-20/h5-7H,4,8-12H2,1-3H3,(H,18,21). The average molecular weight is 303 g/mol. The minimum Gasteiger partial charge on any atom is -0.340 e. The Balaban J connectivity index is 1.94. The summed E-state index contributed by atoms with van der Waals surface area (Å²) >= 11 is 0. The molecule has 1 heterocycles. The van der Waals surface area contributed by atoms with Crippen molar-refractivity contribution in [2.24, 2.45) is 0 Å². The van der Waals surface area contributed by atoms with Crippen LogP contribution in [0.5, 0.6) is 0 Å². The van der Waals surface area contributed by atoms with Crippen LogP contribution in [0.15, 0.2) is 18.2 Å². The maximum absolute atomic E-state index is 12.2. The molecule has 22 heavy (non-hydrogen) atoms. The Morgan fingerprint density at radius 3 is 2.50 bits per heavy atom. The van der Waals surface area contributed by atoms with Crippen LogP contribution in [0.3, 0.4) is 0 Å². The van der Waals surface area contributed by atoms with Gasteiger partial charge in [-0.25, -0.2) is 0 Å². The maximum Gasteiger partial charge on any atom is 0.233 e. The molecule has 0 saturated carbocycles.